The normalized spacial score (nSPS) is 27.3. The zero-order valence-electron chi connectivity index (χ0n) is 13.2. The first-order chi connectivity index (χ1) is 10.8. The molecule has 2 aliphatic heterocycles. The maximum absolute atomic E-state index is 12.5. The zero-order valence-corrected chi connectivity index (χ0v) is 13.2. The third-order valence-corrected chi connectivity index (χ3v) is 4.27. The highest BCUT2D eigenvalue weighted by Gasteiger charge is 2.36. The van der Waals surface area contributed by atoms with Gasteiger partial charge in [0.15, 0.2) is 0 Å². The van der Waals surface area contributed by atoms with Crippen LogP contribution in [0.1, 0.15) is 26.2 Å². The Bertz CT molecular complexity index is 444. The molecule has 2 aliphatic rings. The van der Waals surface area contributed by atoms with Crippen LogP contribution in [0.3, 0.4) is 0 Å². The number of hydrogen-bond donors (Lipinski definition) is 2. The van der Waals surface area contributed by atoms with Gasteiger partial charge in [-0.1, -0.05) is 0 Å². The van der Waals surface area contributed by atoms with E-state index in [1.165, 1.54) is 9.80 Å². The van der Waals surface area contributed by atoms with E-state index >= 15 is 0 Å². The van der Waals surface area contributed by atoms with E-state index in [1.807, 2.05) is 0 Å². The summed E-state index contributed by atoms with van der Waals surface area (Å²) in [6, 6.07) is -1.32. The van der Waals surface area contributed by atoms with Crippen molar-refractivity contribution in [2.24, 2.45) is 0 Å². The van der Waals surface area contributed by atoms with Gasteiger partial charge in [0.25, 0.3) is 0 Å². The van der Waals surface area contributed by atoms with Gasteiger partial charge in [0.1, 0.15) is 6.04 Å². The molecule has 0 aromatic heterocycles. The lowest BCUT2D eigenvalue weighted by Crippen LogP contribution is -2.59. The molecular formula is C14H23F3N4O2. The molecule has 2 saturated heterocycles. The average Bonchev–Trinajstić information content (AvgIpc) is 2.65. The Labute approximate surface area is 133 Å². The minimum Gasteiger partial charge on any atom is -0.354 e. The van der Waals surface area contributed by atoms with Crippen LogP contribution < -0.4 is 10.6 Å². The Morgan fingerprint density at radius 1 is 1.35 bits per heavy atom. The summed E-state index contributed by atoms with van der Waals surface area (Å²) >= 11 is 0. The number of amides is 3. The van der Waals surface area contributed by atoms with E-state index in [0.29, 0.717) is 13.0 Å². The summed E-state index contributed by atoms with van der Waals surface area (Å²) in [5, 5.41) is 5.44. The quantitative estimate of drug-likeness (QED) is 0.789. The molecule has 2 fully saturated rings. The van der Waals surface area contributed by atoms with Gasteiger partial charge in [0.05, 0.1) is 6.54 Å². The lowest BCUT2D eigenvalue weighted by Gasteiger charge is -2.40. The number of hydrogen-bond acceptors (Lipinski definition) is 3. The fourth-order valence-corrected chi connectivity index (χ4v) is 2.96. The van der Waals surface area contributed by atoms with Crippen molar-refractivity contribution in [1.29, 1.82) is 0 Å². The van der Waals surface area contributed by atoms with Crippen LogP contribution >= 0.6 is 0 Å². The summed E-state index contributed by atoms with van der Waals surface area (Å²) < 4.78 is 37.4. The van der Waals surface area contributed by atoms with Gasteiger partial charge in [-0.3, -0.25) is 9.69 Å². The Kier molecular flexibility index (Phi) is 5.72. The second kappa shape index (κ2) is 7.37. The minimum atomic E-state index is -4.24. The Morgan fingerprint density at radius 3 is 2.74 bits per heavy atom. The molecule has 0 spiro atoms. The number of halogens is 3. The molecule has 6 nitrogen and oxygen atoms in total. The largest absolute Gasteiger partial charge is 0.401 e. The fraction of sp³-hybridized carbons (Fsp3) is 0.857. The van der Waals surface area contributed by atoms with Gasteiger partial charge in [-0.15, -0.1) is 0 Å². The summed E-state index contributed by atoms with van der Waals surface area (Å²) in [7, 11) is 0. The molecule has 132 valence electrons. The number of carbonyl (C=O) groups excluding carboxylic acids is 2. The van der Waals surface area contributed by atoms with Crippen LogP contribution in [0.15, 0.2) is 0 Å². The number of nitrogens with zero attached hydrogens (tertiary/aromatic N) is 2. The van der Waals surface area contributed by atoms with Crippen molar-refractivity contribution in [3.63, 3.8) is 0 Å². The van der Waals surface area contributed by atoms with E-state index in [1.54, 1.807) is 6.92 Å². The molecule has 2 rings (SSSR count). The molecule has 2 N–H and O–H groups in total. The van der Waals surface area contributed by atoms with Crippen LogP contribution in [0.5, 0.6) is 0 Å². The zero-order chi connectivity index (χ0) is 17.0. The molecule has 0 aliphatic carbocycles. The number of rotatable bonds is 2. The Balaban J connectivity index is 1.85. The van der Waals surface area contributed by atoms with Crippen molar-refractivity contribution in [3.05, 3.63) is 0 Å². The second-order valence-electron chi connectivity index (χ2n) is 6.17. The van der Waals surface area contributed by atoms with E-state index in [0.717, 1.165) is 12.8 Å². The van der Waals surface area contributed by atoms with E-state index in [4.69, 9.17) is 0 Å². The number of nitrogens with one attached hydrogen (secondary N) is 2. The third-order valence-electron chi connectivity index (χ3n) is 4.27. The van der Waals surface area contributed by atoms with E-state index in [-0.39, 0.29) is 37.6 Å². The van der Waals surface area contributed by atoms with Crippen LogP contribution in [-0.4, -0.2) is 72.7 Å². The van der Waals surface area contributed by atoms with Gasteiger partial charge in [0, 0.05) is 32.2 Å². The Hall–Kier alpha value is -1.51. The molecule has 0 aromatic rings. The van der Waals surface area contributed by atoms with Gasteiger partial charge >= 0.3 is 12.2 Å². The molecule has 2 heterocycles. The molecule has 0 saturated carbocycles. The molecule has 0 aromatic carbocycles. The molecule has 0 unspecified atom stereocenters. The Morgan fingerprint density at radius 2 is 2.09 bits per heavy atom. The average molecular weight is 336 g/mol. The fourth-order valence-electron chi connectivity index (χ4n) is 2.96. The lowest BCUT2D eigenvalue weighted by atomic mass is 10.1. The molecule has 9 heteroatoms. The van der Waals surface area contributed by atoms with Gasteiger partial charge in [0.2, 0.25) is 5.91 Å². The number of urea groups is 1. The smallest absolute Gasteiger partial charge is 0.354 e. The number of alkyl halides is 3. The summed E-state index contributed by atoms with van der Waals surface area (Å²) in [6.45, 7) is 1.93. The molecule has 0 bridgehead atoms. The summed E-state index contributed by atoms with van der Waals surface area (Å²) in [4.78, 5) is 26.9. The first kappa shape index (κ1) is 17.8. The second-order valence-corrected chi connectivity index (χ2v) is 6.17. The SMILES string of the molecule is C[C@H]1CN(C(=O)N[C@H]2CCCCNC2=O)CCN1CC(F)(F)F. The molecule has 3 amide bonds. The summed E-state index contributed by atoms with van der Waals surface area (Å²) in [5.41, 5.74) is 0. The van der Waals surface area contributed by atoms with Crippen LogP contribution in [0, 0.1) is 0 Å². The van der Waals surface area contributed by atoms with Crippen molar-refractivity contribution in [3.8, 4) is 0 Å². The molecule has 2 atom stereocenters. The van der Waals surface area contributed by atoms with Crippen molar-refractivity contribution in [2.75, 3.05) is 32.7 Å². The number of piperazine rings is 1. The predicted molar refractivity (Wildman–Crippen MR) is 77.8 cm³/mol. The summed E-state index contributed by atoms with van der Waals surface area (Å²) in [6.07, 6.45) is -1.93. The molecule has 23 heavy (non-hydrogen) atoms. The van der Waals surface area contributed by atoms with Crippen molar-refractivity contribution in [1.82, 2.24) is 20.4 Å². The highest BCUT2D eigenvalue weighted by atomic mass is 19.4. The first-order valence-corrected chi connectivity index (χ1v) is 7.90. The van der Waals surface area contributed by atoms with Crippen molar-refractivity contribution < 1.29 is 22.8 Å². The predicted octanol–water partition coefficient (Wildman–Crippen LogP) is 0.933. The molecular weight excluding hydrogens is 313 g/mol. The standard InChI is InChI=1S/C14H23F3N4O2/c1-10-8-20(6-7-21(10)9-14(15,16)17)13(23)19-11-4-2-3-5-18-12(11)22/h10-11H,2-9H2,1H3,(H,18,22)(H,19,23)/t10-,11-/m0/s1. The summed E-state index contributed by atoms with van der Waals surface area (Å²) in [5.74, 6) is -0.195. The highest BCUT2D eigenvalue weighted by molar-refractivity contribution is 5.87. The van der Waals surface area contributed by atoms with Gasteiger partial charge < -0.3 is 15.5 Å². The van der Waals surface area contributed by atoms with Gasteiger partial charge in [-0.25, -0.2) is 4.79 Å². The van der Waals surface area contributed by atoms with Crippen molar-refractivity contribution in [2.45, 2.75) is 44.4 Å². The van der Waals surface area contributed by atoms with Crippen LogP contribution in [0.2, 0.25) is 0 Å². The van der Waals surface area contributed by atoms with Gasteiger partial charge in [-0.2, -0.15) is 13.2 Å². The number of carbonyl (C=O) groups is 2. The topological polar surface area (TPSA) is 64.7 Å². The van der Waals surface area contributed by atoms with E-state index in [9.17, 15) is 22.8 Å². The van der Waals surface area contributed by atoms with Crippen LogP contribution in [0.25, 0.3) is 0 Å². The maximum Gasteiger partial charge on any atom is 0.401 e. The van der Waals surface area contributed by atoms with E-state index in [2.05, 4.69) is 10.6 Å². The lowest BCUT2D eigenvalue weighted by molar-refractivity contribution is -0.153. The third kappa shape index (κ3) is 5.26. The van der Waals surface area contributed by atoms with E-state index < -0.39 is 18.8 Å². The highest BCUT2D eigenvalue weighted by Crippen LogP contribution is 2.20. The van der Waals surface area contributed by atoms with Crippen LogP contribution in [0.4, 0.5) is 18.0 Å². The van der Waals surface area contributed by atoms with Gasteiger partial charge in [-0.05, 0) is 26.2 Å². The minimum absolute atomic E-state index is 0.172. The van der Waals surface area contributed by atoms with Crippen molar-refractivity contribution >= 4 is 11.9 Å². The van der Waals surface area contributed by atoms with Crippen LogP contribution in [-0.2, 0) is 4.79 Å². The first-order valence-electron chi connectivity index (χ1n) is 7.90. The monoisotopic (exact) mass is 336 g/mol. The maximum atomic E-state index is 12.5. The molecule has 0 radical (unpaired) electrons.